The minimum Gasteiger partial charge on any atom is -0.492 e. The van der Waals surface area contributed by atoms with Crippen LogP contribution in [0.4, 0.5) is 8.78 Å². The summed E-state index contributed by atoms with van der Waals surface area (Å²) in [6.45, 7) is 3.44. The molecule has 0 aliphatic carbocycles. The van der Waals surface area contributed by atoms with Crippen molar-refractivity contribution in [3.05, 3.63) is 89.4 Å². The first-order valence-corrected chi connectivity index (χ1v) is 9.29. The van der Waals surface area contributed by atoms with E-state index in [1.54, 1.807) is 12.3 Å². The second-order valence-corrected chi connectivity index (χ2v) is 6.63. The van der Waals surface area contributed by atoms with Gasteiger partial charge in [0.15, 0.2) is 11.6 Å². The number of allylic oxidation sites excluding steroid dienone is 1. The molecule has 0 saturated heterocycles. The smallest absolute Gasteiger partial charge is 0.166 e. The molecular formula is C23H23F2N3O. The Hall–Kier alpha value is -3.25. The Labute approximate surface area is 169 Å². The van der Waals surface area contributed by atoms with Crippen molar-refractivity contribution in [2.75, 3.05) is 13.2 Å². The highest BCUT2D eigenvalue weighted by molar-refractivity contribution is 5.63. The minimum absolute atomic E-state index is 0.197. The fraction of sp³-hybridized carbons (Fsp3) is 0.174. The first-order valence-electron chi connectivity index (χ1n) is 9.29. The molecule has 0 amide bonds. The molecule has 0 bridgehead atoms. The molecule has 29 heavy (non-hydrogen) atoms. The van der Waals surface area contributed by atoms with Gasteiger partial charge in [0.1, 0.15) is 12.4 Å². The highest BCUT2D eigenvalue weighted by Gasteiger charge is 2.10. The molecule has 2 aromatic carbocycles. The maximum atomic E-state index is 14.0. The van der Waals surface area contributed by atoms with Crippen LogP contribution in [0.2, 0.25) is 0 Å². The Morgan fingerprint density at radius 3 is 2.79 bits per heavy atom. The Morgan fingerprint density at radius 1 is 1.14 bits per heavy atom. The third-order valence-corrected chi connectivity index (χ3v) is 4.23. The van der Waals surface area contributed by atoms with Crippen molar-refractivity contribution in [1.82, 2.24) is 10.3 Å². The second-order valence-electron chi connectivity index (χ2n) is 6.63. The van der Waals surface area contributed by atoms with Crippen LogP contribution in [0.3, 0.4) is 0 Å². The zero-order chi connectivity index (χ0) is 20.6. The lowest BCUT2D eigenvalue weighted by Gasteiger charge is -2.11. The number of hydrogen-bond donors (Lipinski definition) is 2. The van der Waals surface area contributed by atoms with Gasteiger partial charge in [-0.05, 0) is 36.8 Å². The number of nitrogens with two attached hydrogens (primary N) is 1. The molecule has 0 saturated carbocycles. The highest BCUT2D eigenvalue weighted by atomic mass is 19.2. The van der Waals surface area contributed by atoms with Gasteiger partial charge >= 0.3 is 0 Å². The van der Waals surface area contributed by atoms with E-state index < -0.39 is 11.6 Å². The fourth-order valence-corrected chi connectivity index (χ4v) is 2.90. The molecule has 4 nitrogen and oxygen atoms in total. The summed E-state index contributed by atoms with van der Waals surface area (Å²) in [4.78, 5) is 4.14. The predicted octanol–water partition coefficient (Wildman–Crippen LogP) is 4.51. The molecule has 1 aromatic heterocycles. The van der Waals surface area contributed by atoms with Gasteiger partial charge in [0.2, 0.25) is 0 Å². The third kappa shape index (κ3) is 5.62. The second kappa shape index (κ2) is 9.80. The number of aromatic nitrogens is 1. The van der Waals surface area contributed by atoms with Crippen LogP contribution in [0.5, 0.6) is 5.75 Å². The van der Waals surface area contributed by atoms with Crippen molar-refractivity contribution < 1.29 is 13.5 Å². The Kier molecular flexibility index (Phi) is 6.92. The molecule has 6 heteroatoms. The van der Waals surface area contributed by atoms with Crippen LogP contribution in [-0.2, 0) is 6.54 Å². The average Bonchev–Trinajstić information content (AvgIpc) is 2.71. The molecule has 3 rings (SSSR count). The van der Waals surface area contributed by atoms with Crippen LogP contribution in [-0.4, -0.2) is 18.1 Å². The van der Waals surface area contributed by atoms with Gasteiger partial charge in [-0.3, -0.25) is 4.98 Å². The number of benzene rings is 2. The molecule has 0 fully saturated rings. The minimum atomic E-state index is -0.872. The predicted molar refractivity (Wildman–Crippen MR) is 111 cm³/mol. The maximum Gasteiger partial charge on any atom is 0.166 e. The fourth-order valence-electron chi connectivity index (χ4n) is 2.90. The third-order valence-electron chi connectivity index (χ3n) is 4.23. The van der Waals surface area contributed by atoms with Crippen molar-refractivity contribution >= 4 is 6.08 Å². The van der Waals surface area contributed by atoms with Crippen LogP contribution in [0, 0.1) is 11.6 Å². The highest BCUT2D eigenvalue weighted by Crippen LogP contribution is 2.24. The summed E-state index contributed by atoms with van der Waals surface area (Å²) in [7, 11) is 0. The summed E-state index contributed by atoms with van der Waals surface area (Å²) in [6.07, 6.45) is 5.08. The summed E-state index contributed by atoms with van der Waals surface area (Å²) < 4.78 is 33.3. The van der Waals surface area contributed by atoms with Gasteiger partial charge in [-0.2, -0.15) is 0 Å². The zero-order valence-electron chi connectivity index (χ0n) is 16.2. The Balaban J connectivity index is 1.55. The first-order chi connectivity index (χ1) is 14.0. The molecule has 0 aliphatic rings. The van der Waals surface area contributed by atoms with Gasteiger partial charge in [0, 0.05) is 47.9 Å². The van der Waals surface area contributed by atoms with Gasteiger partial charge in [-0.1, -0.05) is 30.3 Å². The lowest BCUT2D eigenvalue weighted by atomic mass is 10.1. The molecule has 3 N–H and O–H groups in total. The first kappa shape index (κ1) is 20.5. The number of para-hydroxylation sites is 1. The van der Waals surface area contributed by atoms with Gasteiger partial charge in [-0.25, -0.2) is 8.78 Å². The number of hydrogen-bond acceptors (Lipinski definition) is 4. The van der Waals surface area contributed by atoms with Crippen LogP contribution >= 0.6 is 0 Å². The lowest BCUT2D eigenvalue weighted by Crippen LogP contribution is -2.20. The van der Waals surface area contributed by atoms with Crippen molar-refractivity contribution in [2.45, 2.75) is 13.5 Å². The molecule has 0 radical (unpaired) electrons. The van der Waals surface area contributed by atoms with E-state index in [1.165, 1.54) is 18.3 Å². The topological polar surface area (TPSA) is 60.2 Å². The van der Waals surface area contributed by atoms with Crippen LogP contribution in [0.1, 0.15) is 18.1 Å². The van der Waals surface area contributed by atoms with Crippen LogP contribution < -0.4 is 15.8 Å². The van der Waals surface area contributed by atoms with Crippen molar-refractivity contribution in [1.29, 1.82) is 0 Å². The molecule has 150 valence electrons. The number of halogens is 2. The Bertz CT molecular complexity index is 1000. The molecular weight excluding hydrogens is 372 g/mol. The molecule has 0 atom stereocenters. The molecule has 0 aliphatic heterocycles. The summed E-state index contributed by atoms with van der Waals surface area (Å²) in [5, 5.41) is 3.26. The molecule has 3 aromatic rings. The quantitative estimate of drug-likeness (QED) is 0.551. The summed E-state index contributed by atoms with van der Waals surface area (Å²) in [5.74, 6) is -0.972. The number of ether oxygens (including phenoxy) is 1. The molecule has 0 spiro atoms. The number of rotatable bonds is 8. The van der Waals surface area contributed by atoms with Gasteiger partial charge in [0.25, 0.3) is 0 Å². The van der Waals surface area contributed by atoms with Gasteiger partial charge in [-0.15, -0.1) is 0 Å². The van der Waals surface area contributed by atoms with E-state index in [1.807, 2.05) is 37.3 Å². The largest absolute Gasteiger partial charge is 0.492 e. The zero-order valence-corrected chi connectivity index (χ0v) is 16.2. The van der Waals surface area contributed by atoms with Gasteiger partial charge < -0.3 is 15.8 Å². The van der Waals surface area contributed by atoms with E-state index >= 15 is 0 Å². The normalized spacial score (nSPS) is 11.5. The number of pyridine rings is 1. The van der Waals surface area contributed by atoms with Gasteiger partial charge in [0.05, 0.1) is 0 Å². The van der Waals surface area contributed by atoms with Crippen LogP contribution in [0.15, 0.2) is 66.6 Å². The van der Waals surface area contributed by atoms with Crippen molar-refractivity contribution in [3.63, 3.8) is 0 Å². The SMILES string of the molecule is C/C(N)=C/c1ccccc1OCCNCc1cncc(-c2cccc(F)c2F)c1. The van der Waals surface area contributed by atoms with E-state index in [0.29, 0.717) is 31.0 Å². The van der Waals surface area contributed by atoms with E-state index in [4.69, 9.17) is 10.5 Å². The molecule has 1 heterocycles. The maximum absolute atomic E-state index is 14.0. The Morgan fingerprint density at radius 2 is 1.97 bits per heavy atom. The summed E-state index contributed by atoms with van der Waals surface area (Å²) in [5.41, 5.74) is 8.99. The average molecular weight is 395 g/mol. The van der Waals surface area contributed by atoms with E-state index in [9.17, 15) is 8.78 Å². The monoisotopic (exact) mass is 395 g/mol. The number of nitrogens with one attached hydrogen (secondary N) is 1. The van der Waals surface area contributed by atoms with Crippen molar-refractivity contribution in [2.24, 2.45) is 5.73 Å². The lowest BCUT2D eigenvalue weighted by molar-refractivity contribution is 0.313. The number of nitrogens with zero attached hydrogens (tertiary/aromatic N) is 1. The van der Waals surface area contributed by atoms with E-state index in [-0.39, 0.29) is 5.56 Å². The van der Waals surface area contributed by atoms with E-state index in [0.717, 1.165) is 22.9 Å². The van der Waals surface area contributed by atoms with Crippen molar-refractivity contribution in [3.8, 4) is 16.9 Å². The summed E-state index contributed by atoms with van der Waals surface area (Å²) >= 11 is 0. The summed E-state index contributed by atoms with van der Waals surface area (Å²) in [6, 6.07) is 13.6. The molecule has 0 unspecified atom stereocenters. The van der Waals surface area contributed by atoms with Crippen LogP contribution in [0.25, 0.3) is 17.2 Å². The van der Waals surface area contributed by atoms with E-state index in [2.05, 4.69) is 10.3 Å². The standard InChI is InChI=1S/C23H23F2N3O/c1-16(26)11-18-5-2-3-8-22(18)29-10-9-27-13-17-12-19(15-28-14-17)20-6-4-7-21(24)23(20)25/h2-8,11-12,14-15,27H,9-10,13,26H2,1H3/b16-11-.